The second-order valence-corrected chi connectivity index (χ2v) is 4.03. The lowest BCUT2D eigenvalue weighted by molar-refractivity contribution is -0.148. The molecule has 1 aromatic carbocycles. The summed E-state index contributed by atoms with van der Waals surface area (Å²) in [5.41, 5.74) is 3.62. The number of carboxylic acid groups (broad SMARTS) is 1. The van der Waals surface area contributed by atoms with E-state index in [1.807, 2.05) is 0 Å². The molecule has 1 aliphatic heterocycles. The number of nitrogens with one attached hydrogen (secondary N) is 1. The number of carboxylic acids is 1. The first-order valence-corrected chi connectivity index (χ1v) is 5.15. The Kier molecular flexibility index (Phi) is 3.05. The van der Waals surface area contributed by atoms with Gasteiger partial charge in [0.2, 0.25) is 6.10 Å². The molecule has 0 saturated heterocycles. The van der Waals surface area contributed by atoms with Crippen molar-refractivity contribution in [1.82, 2.24) is 5.48 Å². The third kappa shape index (κ3) is 2.14. The minimum absolute atomic E-state index is 0.470. The largest absolute Gasteiger partial charge is 0.479 e. The molecule has 1 unspecified atom stereocenters. The second kappa shape index (κ2) is 4.33. The molecule has 0 aromatic heterocycles. The Morgan fingerprint density at radius 2 is 2.19 bits per heavy atom. The van der Waals surface area contributed by atoms with Crippen LogP contribution in [0, 0.1) is 0 Å². The lowest BCUT2D eigenvalue weighted by Gasteiger charge is -2.06. The van der Waals surface area contributed by atoms with Crippen LogP contribution in [0.25, 0.3) is 5.70 Å². The number of benzene rings is 1. The molecule has 1 heterocycles. The smallest absolute Gasteiger partial charge is 0.339 e. The zero-order chi connectivity index (χ0) is 11.7. The topological polar surface area (TPSA) is 58.6 Å². The van der Waals surface area contributed by atoms with Crippen molar-refractivity contribution in [3.05, 3.63) is 39.9 Å². The Hall–Kier alpha value is -1.23. The third-order valence-electron chi connectivity index (χ3n) is 2.08. The average molecular weight is 260 g/mol. The van der Waals surface area contributed by atoms with Gasteiger partial charge in [-0.3, -0.25) is 10.3 Å². The molecule has 2 rings (SSSR count). The molecule has 6 heteroatoms. The van der Waals surface area contributed by atoms with Crippen LogP contribution in [-0.2, 0) is 9.63 Å². The van der Waals surface area contributed by atoms with Gasteiger partial charge >= 0.3 is 5.97 Å². The minimum atomic E-state index is -1.07. The molecule has 0 saturated carbocycles. The lowest BCUT2D eigenvalue weighted by atomic mass is 10.1. The number of hydrogen-bond acceptors (Lipinski definition) is 3. The van der Waals surface area contributed by atoms with E-state index in [0.29, 0.717) is 21.3 Å². The van der Waals surface area contributed by atoms with Crippen LogP contribution >= 0.6 is 23.2 Å². The van der Waals surface area contributed by atoms with Crippen molar-refractivity contribution in [2.75, 3.05) is 0 Å². The van der Waals surface area contributed by atoms with Gasteiger partial charge in [0.05, 0.1) is 10.7 Å². The summed E-state index contributed by atoms with van der Waals surface area (Å²) in [4.78, 5) is 15.5. The predicted molar refractivity (Wildman–Crippen MR) is 60.1 cm³/mol. The molecule has 0 bridgehead atoms. The van der Waals surface area contributed by atoms with Crippen LogP contribution < -0.4 is 5.48 Å². The molecule has 1 aromatic rings. The molecule has 1 atom stereocenters. The highest BCUT2D eigenvalue weighted by molar-refractivity contribution is 6.34. The first kappa shape index (κ1) is 11.3. The first-order valence-electron chi connectivity index (χ1n) is 4.39. The van der Waals surface area contributed by atoms with Crippen molar-refractivity contribution in [3.8, 4) is 0 Å². The van der Waals surface area contributed by atoms with Gasteiger partial charge < -0.3 is 5.11 Å². The molecule has 0 radical (unpaired) electrons. The summed E-state index contributed by atoms with van der Waals surface area (Å²) in [5, 5.41) is 9.72. The zero-order valence-corrected chi connectivity index (χ0v) is 9.42. The molecule has 1 aliphatic rings. The van der Waals surface area contributed by atoms with E-state index in [4.69, 9.17) is 33.1 Å². The van der Waals surface area contributed by atoms with Gasteiger partial charge in [-0.05, 0) is 24.3 Å². The van der Waals surface area contributed by atoms with Crippen molar-refractivity contribution in [1.29, 1.82) is 0 Å². The van der Waals surface area contributed by atoms with Crippen molar-refractivity contribution in [3.63, 3.8) is 0 Å². The van der Waals surface area contributed by atoms with E-state index in [1.54, 1.807) is 18.2 Å². The Morgan fingerprint density at radius 1 is 1.44 bits per heavy atom. The highest BCUT2D eigenvalue weighted by Crippen LogP contribution is 2.28. The SMILES string of the molecule is O=C(O)C1C=C(c2cc(Cl)ccc2Cl)NO1. The normalized spacial score (nSPS) is 19.1. The van der Waals surface area contributed by atoms with Gasteiger partial charge in [0.25, 0.3) is 0 Å². The summed E-state index contributed by atoms with van der Waals surface area (Å²) in [6, 6.07) is 4.92. The number of hydrogen-bond donors (Lipinski definition) is 2. The van der Waals surface area contributed by atoms with Gasteiger partial charge in [0.15, 0.2) is 0 Å². The van der Waals surface area contributed by atoms with E-state index < -0.39 is 12.1 Å². The summed E-state index contributed by atoms with van der Waals surface area (Å²) in [7, 11) is 0. The second-order valence-electron chi connectivity index (χ2n) is 3.18. The molecule has 0 fully saturated rings. The minimum Gasteiger partial charge on any atom is -0.479 e. The maximum atomic E-state index is 10.7. The van der Waals surface area contributed by atoms with Crippen molar-refractivity contribution >= 4 is 34.9 Å². The molecule has 16 heavy (non-hydrogen) atoms. The lowest BCUT2D eigenvalue weighted by Crippen LogP contribution is -2.20. The monoisotopic (exact) mass is 259 g/mol. The van der Waals surface area contributed by atoms with Crippen LogP contribution in [-0.4, -0.2) is 17.2 Å². The van der Waals surface area contributed by atoms with Crippen LogP contribution in [0.2, 0.25) is 10.0 Å². The summed E-state index contributed by atoms with van der Waals surface area (Å²) in [6.45, 7) is 0. The van der Waals surface area contributed by atoms with Crippen molar-refractivity contribution in [2.24, 2.45) is 0 Å². The van der Waals surface area contributed by atoms with Gasteiger partial charge in [0.1, 0.15) is 0 Å². The van der Waals surface area contributed by atoms with Crippen molar-refractivity contribution in [2.45, 2.75) is 6.10 Å². The van der Waals surface area contributed by atoms with Crippen LogP contribution in [0.1, 0.15) is 5.56 Å². The number of carbonyl (C=O) groups is 1. The molecule has 0 aliphatic carbocycles. The number of hydroxylamine groups is 1. The van der Waals surface area contributed by atoms with E-state index in [-0.39, 0.29) is 0 Å². The van der Waals surface area contributed by atoms with E-state index >= 15 is 0 Å². The van der Waals surface area contributed by atoms with Crippen LogP contribution in [0.3, 0.4) is 0 Å². The Balaban J connectivity index is 2.35. The number of aliphatic carboxylic acids is 1. The van der Waals surface area contributed by atoms with Crippen molar-refractivity contribution < 1.29 is 14.7 Å². The average Bonchev–Trinajstić information content (AvgIpc) is 2.70. The highest BCUT2D eigenvalue weighted by Gasteiger charge is 2.24. The summed E-state index contributed by atoms with van der Waals surface area (Å²) < 4.78 is 0. The summed E-state index contributed by atoms with van der Waals surface area (Å²) >= 11 is 11.8. The first-order chi connectivity index (χ1) is 7.58. The van der Waals surface area contributed by atoms with Gasteiger partial charge in [-0.1, -0.05) is 23.2 Å². The quantitative estimate of drug-likeness (QED) is 0.856. The molecule has 4 nitrogen and oxygen atoms in total. The molecular weight excluding hydrogens is 253 g/mol. The van der Waals surface area contributed by atoms with E-state index in [2.05, 4.69) is 5.48 Å². The fourth-order valence-corrected chi connectivity index (χ4v) is 1.71. The van der Waals surface area contributed by atoms with E-state index in [1.165, 1.54) is 6.08 Å². The molecular formula is C10H7Cl2NO3. The van der Waals surface area contributed by atoms with Gasteiger partial charge in [-0.15, -0.1) is 0 Å². The zero-order valence-electron chi connectivity index (χ0n) is 7.91. The van der Waals surface area contributed by atoms with Crippen LogP contribution in [0.15, 0.2) is 24.3 Å². The molecule has 0 amide bonds. The van der Waals surface area contributed by atoms with Crippen LogP contribution in [0.5, 0.6) is 0 Å². The summed E-state index contributed by atoms with van der Waals surface area (Å²) in [6.07, 6.45) is 0.421. The number of rotatable bonds is 2. The van der Waals surface area contributed by atoms with E-state index in [9.17, 15) is 4.79 Å². The highest BCUT2D eigenvalue weighted by atomic mass is 35.5. The Morgan fingerprint density at radius 3 is 2.81 bits per heavy atom. The Labute approximate surface area is 101 Å². The Bertz CT molecular complexity index is 473. The maximum Gasteiger partial charge on any atom is 0.339 e. The predicted octanol–water partition coefficient (Wildman–Crippen LogP) is 2.32. The molecule has 0 spiro atoms. The molecule has 2 N–H and O–H groups in total. The van der Waals surface area contributed by atoms with Gasteiger partial charge in [-0.25, -0.2) is 4.79 Å². The van der Waals surface area contributed by atoms with Gasteiger partial charge in [0, 0.05) is 10.6 Å². The van der Waals surface area contributed by atoms with Crippen LogP contribution in [0.4, 0.5) is 0 Å². The maximum absolute atomic E-state index is 10.7. The van der Waals surface area contributed by atoms with Gasteiger partial charge in [-0.2, -0.15) is 0 Å². The third-order valence-corrected chi connectivity index (χ3v) is 2.64. The fourth-order valence-electron chi connectivity index (χ4n) is 1.32. The fraction of sp³-hybridized carbons (Fsp3) is 0.100. The number of halogens is 2. The summed E-state index contributed by atoms with van der Waals surface area (Å²) in [5.74, 6) is -1.07. The van der Waals surface area contributed by atoms with E-state index in [0.717, 1.165) is 0 Å². The standard InChI is InChI=1S/C10H7Cl2NO3/c11-5-1-2-7(12)6(3-5)8-4-9(10(14)15)16-13-8/h1-4,9,13H,(H,14,15). The molecule has 84 valence electrons.